The van der Waals surface area contributed by atoms with Crippen molar-refractivity contribution in [3.63, 3.8) is 0 Å². The van der Waals surface area contributed by atoms with Crippen LogP contribution >= 0.6 is 0 Å². The Morgan fingerprint density at radius 1 is 1.06 bits per heavy atom. The van der Waals surface area contributed by atoms with Crippen molar-refractivity contribution in [2.24, 2.45) is 0 Å². The molecule has 0 unspecified atom stereocenters. The number of alkyl halides is 6. The molecule has 1 aliphatic rings. The van der Waals surface area contributed by atoms with E-state index in [4.69, 9.17) is 5.11 Å². The molecule has 1 N–H and O–H groups in total. The first-order chi connectivity index (χ1) is 7.08. The molecule has 0 bridgehead atoms. The van der Waals surface area contributed by atoms with Crippen LogP contribution in [0.2, 0.25) is 0 Å². The van der Waals surface area contributed by atoms with Crippen molar-refractivity contribution in [3.8, 4) is 0 Å². The molecule has 0 spiro atoms. The largest absolute Gasteiger partial charge is 0.426 e. The Bertz CT molecular complexity index is 273. The Labute approximate surface area is 87.8 Å². The van der Waals surface area contributed by atoms with E-state index in [2.05, 4.69) is 0 Å². The zero-order valence-electron chi connectivity index (χ0n) is 8.12. The maximum absolute atomic E-state index is 12.3. The Morgan fingerprint density at radius 3 is 1.88 bits per heavy atom. The zero-order valence-corrected chi connectivity index (χ0v) is 8.12. The Hall–Kier alpha value is -0.720. The zero-order chi connectivity index (χ0) is 12.6. The van der Waals surface area contributed by atoms with Gasteiger partial charge in [0.05, 0.1) is 0 Å². The van der Waals surface area contributed by atoms with Crippen LogP contribution in [0.3, 0.4) is 0 Å². The van der Waals surface area contributed by atoms with Gasteiger partial charge in [-0.3, -0.25) is 0 Å². The highest BCUT2D eigenvalue weighted by atomic mass is 19.4. The van der Waals surface area contributed by atoms with E-state index in [-0.39, 0.29) is 12.0 Å². The van der Waals surface area contributed by atoms with Gasteiger partial charge in [-0.1, -0.05) is 11.6 Å². The first-order valence-electron chi connectivity index (χ1n) is 4.62. The van der Waals surface area contributed by atoms with Gasteiger partial charge >= 0.3 is 12.4 Å². The third kappa shape index (κ3) is 2.34. The van der Waals surface area contributed by atoms with E-state index >= 15 is 0 Å². The number of hydrogen-bond acceptors (Lipinski definition) is 1. The summed E-state index contributed by atoms with van der Waals surface area (Å²) in [7, 11) is 0. The highest BCUT2D eigenvalue weighted by Crippen LogP contribution is 2.47. The normalized spacial score (nSPS) is 18.8. The lowest BCUT2D eigenvalue weighted by molar-refractivity contribution is -0.367. The summed E-state index contributed by atoms with van der Waals surface area (Å²) in [6, 6.07) is 0. The lowest BCUT2D eigenvalue weighted by Gasteiger charge is -2.32. The molecule has 0 amide bonds. The van der Waals surface area contributed by atoms with Crippen molar-refractivity contribution in [1.29, 1.82) is 0 Å². The maximum atomic E-state index is 12.3. The van der Waals surface area contributed by atoms with Crippen LogP contribution in [0.1, 0.15) is 25.7 Å². The van der Waals surface area contributed by atoms with Crippen molar-refractivity contribution < 1.29 is 31.4 Å². The van der Waals surface area contributed by atoms with Gasteiger partial charge < -0.3 is 5.11 Å². The lowest BCUT2D eigenvalue weighted by atomic mass is 9.92. The van der Waals surface area contributed by atoms with Gasteiger partial charge in [-0.05, 0) is 19.3 Å². The minimum atomic E-state index is -5.71. The molecule has 7 heteroatoms. The van der Waals surface area contributed by atoms with Crippen LogP contribution in [0.25, 0.3) is 0 Å². The summed E-state index contributed by atoms with van der Waals surface area (Å²) in [5.74, 6) is 0. The van der Waals surface area contributed by atoms with E-state index in [0.29, 0.717) is 12.8 Å². The number of allylic oxidation sites excluding steroid dienone is 1. The number of aliphatic hydroxyl groups is 1. The fourth-order valence-corrected chi connectivity index (χ4v) is 1.59. The van der Waals surface area contributed by atoms with Gasteiger partial charge in [-0.15, -0.1) is 0 Å². The summed E-state index contributed by atoms with van der Waals surface area (Å²) < 4.78 is 73.5. The maximum Gasteiger partial charge on any atom is 0.426 e. The summed E-state index contributed by atoms with van der Waals surface area (Å²) in [6.07, 6.45) is -10.4. The Morgan fingerprint density at radius 2 is 1.56 bits per heavy atom. The standard InChI is InChI=1S/C9H10F6O/c10-8(11,12)7(16,9(13,14)15)5-6-3-1-2-4-6/h3,16H,1-2,4-5H2. The van der Waals surface area contributed by atoms with Gasteiger partial charge in [0.2, 0.25) is 0 Å². The average Bonchev–Trinajstić information content (AvgIpc) is 2.52. The lowest BCUT2D eigenvalue weighted by Crippen LogP contribution is -2.56. The van der Waals surface area contributed by atoms with Crippen molar-refractivity contribution in [2.75, 3.05) is 0 Å². The first kappa shape index (κ1) is 13.3. The third-order valence-corrected chi connectivity index (χ3v) is 2.56. The summed E-state index contributed by atoms with van der Waals surface area (Å²) in [5, 5.41) is 8.85. The number of hydrogen-bond donors (Lipinski definition) is 1. The minimum absolute atomic E-state index is 0.0113. The molecule has 16 heavy (non-hydrogen) atoms. The minimum Gasteiger partial charge on any atom is -0.373 e. The number of halogens is 6. The van der Waals surface area contributed by atoms with Gasteiger partial charge in [0.1, 0.15) is 0 Å². The van der Waals surface area contributed by atoms with Crippen molar-refractivity contribution in [1.82, 2.24) is 0 Å². The Balaban J connectivity index is 2.96. The molecule has 0 saturated carbocycles. The molecule has 0 aromatic carbocycles. The van der Waals surface area contributed by atoms with E-state index in [1.807, 2.05) is 0 Å². The van der Waals surface area contributed by atoms with E-state index in [9.17, 15) is 26.3 Å². The van der Waals surface area contributed by atoms with Crippen LogP contribution in [-0.2, 0) is 0 Å². The smallest absolute Gasteiger partial charge is 0.373 e. The van der Waals surface area contributed by atoms with Crippen LogP contribution in [-0.4, -0.2) is 23.1 Å². The van der Waals surface area contributed by atoms with Crippen LogP contribution in [0, 0.1) is 0 Å². The van der Waals surface area contributed by atoms with Crippen molar-refractivity contribution in [2.45, 2.75) is 43.6 Å². The van der Waals surface area contributed by atoms with Gasteiger partial charge in [0.15, 0.2) is 0 Å². The van der Waals surface area contributed by atoms with Crippen LogP contribution in [0.5, 0.6) is 0 Å². The highest BCUT2D eigenvalue weighted by Gasteiger charge is 2.70. The molecular weight excluding hydrogens is 238 g/mol. The Kier molecular flexibility index (Phi) is 3.29. The fraction of sp³-hybridized carbons (Fsp3) is 0.778. The monoisotopic (exact) mass is 248 g/mol. The van der Waals surface area contributed by atoms with E-state index in [1.165, 1.54) is 6.08 Å². The fourth-order valence-electron chi connectivity index (χ4n) is 1.59. The van der Waals surface area contributed by atoms with Gasteiger partial charge in [-0.25, -0.2) is 0 Å². The summed E-state index contributed by atoms with van der Waals surface area (Å²) in [4.78, 5) is 0. The predicted octanol–water partition coefficient (Wildman–Crippen LogP) is 3.34. The van der Waals surface area contributed by atoms with Gasteiger partial charge in [0, 0.05) is 6.42 Å². The molecule has 0 fully saturated rings. The first-order valence-corrected chi connectivity index (χ1v) is 4.62. The molecule has 0 atom stereocenters. The van der Waals surface area contributed by atoms with Gasteiger partial charge in [-0.2, -0.15) is 26.3 Å². The molecular formula is C9H10F6O. The highest BCUT2D eigenvalue weighted by molar-refractivity contribution is 5.14. The van der Waals surface area contributed by atoms with Crippen LogP contribution in [0.15, 0.2) is 11.6 Å². The molecule has 0 saturated heterocycles. The molecule has 0 heterocycles. The second kappa shape index (κ2) is 3.94. The molecule has 0 aromatic heterocycles. The van der Waals surface area contributed by atoms with E-state index < -0.39 is 24.4 Å². The number of rotatable bonds is 2. The van der Waals surface area contributed by atoms with Crippen LogP contribution < -0.4 is 0 Å². The van der Waals surface area contributed by atoms with Crippen molar-refractivity contribution in [3.05, 3.63) is 11.6 Å². The second-order valence-electron chi connectivity index (χ2n) is 3.79. The molecule has 1 rings (SSSR count). The molecule has 0 aromatic rings. The molecule has 0 aliphatic heterocycles. The third-order valence-electron chi connectivity index (χ3n) is 2.56. The molecule has 1 aliphatic carbocycles. The average molecular weight is 248 g/mol. The summed E-state index contributed by atoms with van der Waals surface area (Å²) in [6.45, 7) is 0. The summed E-state index contributed by atoms with van der Waals surface area (Å²) >= 11 is 0. The van der Waals surface area contributed by atoms with Crippen LogP contribution in [0.4, 0.5) is 26.3 Å². The SMILES string of the molecule is OC(CC1=CCCC1)(C(F)(F)F)C(F)(F)F. The molecule has 0 radical (unpaired) electrons. The molecule has 1 nitrogen and oxygen atoms in total. The van der Waals surface area contributed by atoms with Crippen molar-refractivity contribution >= 4 is 0 Å². The summed E-state index contributed by atoms with van der Waals surface area (Å²) in [5.41, 5.74) is -4.62. The van der Waals surface area contributed by atoms with E-state index in [0.717, 1.165) is 0 Å². The second-order valence-corrected chi connectivity index (χ2v) is 3.79. The quantitative estimate of drug-likeness (QED) is 0.587. The van der Waals surface area contributed by atoms with E-state index in [1.54, 1.807) is 0 Å². The molecule has 94 valence electrons. The topological polar surface area (TPSA) is 20.2 Å². The van der Waals surface area contributed by atoms with Gasteiger partial charge in [0.25, 0.3) is 5.60 Å². The predicted molar refractivity (Wildman–Crippen MR) is 43.6 cm³/mol.